The van der Waals surface area contributed by atoms with Crippen LogP contribution in [0, 0.1) is 11.7 Å². The van der Waals surface area contributed by atoms with Crippen LogP contribution >= 0.6 is 11.6 Å². The van der Waals surface area contributed by atoms with Crippen molar-refractivity contribution in [1.82, 2.24) is 9.62 Å². The summed E-state index contributed by atoms with van der Waals surface area (Å²) in [5.74, 6) is -1.02. The molecular weight excluding hydrogens is 419 g/mol. The van der Waals surface area contributed by atoms with E-state index in [-0.39, 0.29) is 36.2 Å². The lowest BCUT2D eigenvalue weighted by Crippen LogP contribution is -2.45. The van der Waals surface area contributed by atoms with Crippen molar-refractivity contribution in [3.8, 4) is 5.75 Å². The Balaban J connectivity index is 1.52. The van der Waals surface area contributed by atoms with Crippen LogP contribution in [0.2, 0.25) is 5.02 Å². The molecule has 1 unspecified atom stereocenters. The second kappa shape index (κ2) is 9.56. The van der Waals surface area contributed by atoms with Crippen molar-refractivity contribution < 1.29 is 22.3 Å². The van der Waals surface area contributed by atoms with Gasteiger partial charge in [0.2, 0.25) is 15.9 Å². The summed E-state index contributed by atoms with van der Waals surface area (Å²) in [6, 6.07) is 12.0. The Morgan fingerprint density at radius 2 is 1.93 bits per heavy atom. The zero-order valence-electron chi connectivity index (χ0n) is 15.7. The molecule has 6 nitrogen and oxygen atoms in total. The predicted molar refractivity (Wildman–Crippen MR) is 108 cm³/mol. The number of nitrogens with one attached hydrogen (secondary N) is 1. The summed E-state index contributed by atoms with van der Waals surface area (Å²) in [5, 5.41) is 3.19. The van der Waals surface area contributed by atoms with E-state index in [1.165, 1.54) is 40.7 Å². The highest BCUT2D eigenvalue weighted by atomic mass is 35.5. The van der Waals surface area contributed by atoms with Gasteiger partial charge in [0.25, 0.3) is 0 Å². The summed E-state index contributed by atoms with van der Waals surface area (Å²) in [7, 11) is -3.68. The summed E-state index contributed by atoms with van der Waals surface area (Å²) in [4.78, 5) is 12.6. The Morgan fingerprint density at radius 1 is 1.21 bits per heavy atom. The van der Waals surface area contributed by atoms with Gasteiger partial charge in [-0.1, -0.05) is 23.7 Å². The van der Waals surface area contributed by atoms with Gasteiger partial charge in [-0.05, 0) is 49.2 Å². The summed E-state index contributed by atoms with van der Waals surface area (Å²) >= 11 is 5.83. The molecule has 0 bridgehead atoms. The smallest absolute Gasteiger partial charge is 0.243 e. The number of benzene rings is 2. The van der Waals surface area contributed by atoms with E-state index in [4.69, 9.17) is 16.3 Å². The second-order valence-corrected chi connectivity index (χ2v) is 9.10. The third kappa shape index (κ3) is 5.46. The Bertz CT molecular complexity index is 953. The van der Waals surface area contributed by atoms with Crippen LogP contribution in [0.25, 0.3) is 0 Å². The number of hydrogen-bond acceptors (Lipinski definition) is 4. The molecule has 1 N–H and O–H groups in total. The maximum absolute atomic E-state index is 13.5. The number of halogens is 2. The van der Waals surface area contributed by atoms with Crippen molar-refractivity contribution in [1.29, 1.82) is 0 Å². The fourth-order valence-electron chi connectivity index (χ4n) is 3.17. The SMILES string of the molecule is O=C(NCCOc1ccccc1F)C1CCCN(S(=O)(=O)c2ccc(Cl)cc2)C1. The molecule has 1 aliphatic rings. The number of nitrogens with zero attached hydrogens (tertiary/aromatic N) is 1. The van der Waals surface area contributed by atoms with Gasteiger partial charge in [-0.2, -0.15) is 4.31 Å². The average molecular weight is 441 g/mol. The number of carbonyl (C=O) groups is 1. The molecular formula is C20H22ClFN2O4S. The summed E-state index contributed by atoms with van der Waals surface area (Å²) < 4.78 is 45.8. The van der Waals surface area contributed by atoms with E-state index in [9.17, 15) is 17.6 Å². The second-order valence-electron chi connectivity index (χ2n) is 6.73. The Hall–Kier alpha value is -2.16. The van der Waals surface area contributed by atoms with Gasteiger partial charge in [-0.25, -0.2) is 12.8 Å². The summed E-state index contributed by atoms with van der Waals surface area (Å²) in [6.07, 6.45) is 1.20. The third-order valence-electron chi connectivity index (χ3n) is 4.70. The molecule has 2 aromatic rings. The molecule has 1 amide bonds. The number of ether oxygens (including phenoxy) is 1. The number of rotatable bonds is 7. The van der Waals surface area contributed by atoms with Crippen LogP contribution in [0.1, 0.15) is 12.8 Å². The van der Waals surface area contributed by atoms with E-state index in [2.05, 4.69) is 5.32 Å². The monoisotopic (exact) mass is 440 g/mol. The van der Waals surface area contributed by atoms with Crippen LogP contribution in [0.5, 0.6) is 5.75 Å². The molecule has 0 spiro atoms. The lowest BCUT2D eigenvalue weighted by Gasteiger charge is -2.31. The standard InChI is InChI=1S/C20H22ClFN2O4S/c21-16-7-9-17(10-8-16)29(26,27)24-12-3-4-15(14-24)20(25)23-11-13-28-19-6-2-1-5-18(19)22/h1-2,5-10,15H,3-4,11-14H2,(H,23,25). The quantitative estimate of drug-likeness (QED) is 0.671. The number of carbonyl (C=O) groups excluding carboxylic acids is 1. The fraction of sp³-hybridized carbons (Fsp3) is 0.350. The van der Waals surface area contributed by atoms with Gasteiger partial charge >= 0.3 is 0 Å². The van der Waals surface area contributed by atoms with E-state index in [0.717, 1.165) is 0 Å². The first-order valence-electron chi connectivity index (χ1n) is 9.28. The first kappa shape index (κ1) is 21.5. The normalized spacial score (nSPS) is 17.7. The zero-order valence-corrected chi connectivity index (χ0v) is 17.3. The molecule has 1 aliphatic heterocycles. The molecule has 0 radical (unpaired) electrons. The first-order valence-corrected chi connectivity index (χ1v) is 11.1. The third-order valence-corrected chi connectivity index (χ3v) is 6.83. The number of para-hydroxylation sites is 1. The summed E-state index contributed by atoms with van der Waals surface area (Å²) in [5.41, 5.74) is 0. The van der Waals surface area contributed by atoms with Crippen LogP contribution in [0.15, 0.2) is 53.4 Å². The van der Waals surface area contributed by atoms with Gasteiger partial charge in [0.15, 0.2) is 11.6 Å². The van der Waals surface area contributed by atoms with Crippen LogP contribution in [-0.4, -0.2) is 44.9 Å². The molecule has 3 rings (SSSR count). The van der Waals surface area contributed by atoms with Crippen LogP contribution < -0.4 is 10.1 Å². The average Bonchev–Trinajstić information content (AvgIpc) is 2.72. The van der Waals surface area contributed by atoms with E-state index in [0.29, 0.717) is 24.4 Å². The zero-order chi connectivity index (χ0) is 20.9. The van der Waals surface area contributed by atoms with Crippen molar-refractivity contribution in [2.45, 2.75) is 17.7 Å². The van der Waals surface area contributed by atoms with Crippen LogP contribution in [-0.2, 0) is 14.8 Å². The molecule has 0 saturated carbocycles. The summed E-state index contributed by atoms with van der Waals surface area (Å²) in [6.45, 7) is 0.801. The number of sulfonamides is 1. The van der Waals surface area contributed by atoms with E-state index in [1.54, 1.807) is 12.1 Å². The highest BCUT2D eigenvalue weighted by Crippen LogP contribution is 2.25. The highest BCUT2D eigenvalue weighted by molar-refractivity contribution is 7.89. The van der Waals surface area contributed by atoms with Gasteiger partial charge < -0.3 is 10.1 Å². The van der Waals surface area contributed by atoms with Gasteiger partial charge in [0.1, 0.15) is 6.61 Å². The molecule has 1 atom stereocenters. The topological polar surface area (TPSA) is 75.7 Å². The minimum atomic E-state index is -3.68. The molecule has 0 aliphatic carbocycles. The van der Waals surface area contributed by atoms with Gasteiger partial charge in [-0.15, -0.1) is 0 Å². The molecule has 9 heteroatoms. The van der Waals surface area contributed by atoms with Crippen LogP contribution in [0.4, 0.5) is 4.39 Å². The Labute approximate surface area is 174 Å². The Morgan fingerprint density at radius 3 is 2.66 bits per heavy atom. The maximum Gasteiger partial charge on any atom is 0.243 e. The van der Waals surface area contributed by atoms with Crippen molar-refractivity contribution in [2.24, 2.45) is 5.92 Å². The van der Waals surface area contributed by atoms with Gasteiger partial charge in [0, 0.05) is 18.1 Å². The minimum Gasteiger partial charge on any atom is -0.489 e. The van der Waals surface area contributed by atoms with Gasteiger partial charge in [-0.3, -0.25) is 4.79 Å². The Kier molecular flexibility index (Phi) is 7.10. The largest absolute Gasteiger partial charge is 0.489 e. The predicted octanol–water partition coefficient (Wildman–Crippen LogP) is 3.08. The van der Waals surface area contributed by atoms with Crippen molar-refractivity contribution >= 4 is 27.5 Å². The minimum absolute atomic E-state index is 0.116. The molecule has 1 heterocycles. The molecule has 0 aromatic heterocycles. The number of piperidine rings is 1. The lowest BCUT2D eigenvalue weighted by molar-refractivity contribution is -0.126. The van der Waals surface area contributed by atoms with Crippen molar-refractivity contribution in [3.63, 3.8) is 0 Å². The van der Waals surface area contributed by atoms with Gasteiger partial charge in [0.05, 0.1) is 17.4 Å². The van der Waals surface area contributed by atoms with E-state index >= 15 is 0 Å². The fourth-order valence-corrected chi connectivity index (χ4v) is 4.82. The maximum atomic E-state index is 13.5. The molecule has 1 fully saturated rings. The first-order chi connectivity index (χ1) is 13.9. The van der Waals surface area contributed by atoms with Crippen LogP contribution in [0.3, 0.4) is 0 Å². The van der Waals surface area contributed by atoms with E-state index in [1.807, 2.05) is 0 Å². The van der Waals surface area contributed by atoms with Crippen molar-refractivity contribution in [3.05, 3.63) is 59.4 Å². The number of amides is 1. The molecule has 156 valence electrons. The molecule has 2 aromatic carbocycles. The van der Waals surface area contributed by atoms with Crippen molar-refractivity contribution in [2.75, 3.05) is 26.2 Å². The molecule has 1 saturated heterocycles. The number of hydrogen-bond donors (Lipinski definition) is 1. The highest BCUT2D eigenvalue weighted by Gasteiger charge is 2.33. The van der Waals surface area contributed by atoms with E-state index < -0.39 is 21.8 Å². The molecule has 29 heavy (non-hydrogen) atoms. The lowest BCUT2D eigenvalue weighted by atomic mass is 9.99.